The molecule has 0 aromatic heterocycles. The zero-order valence-corrected chi connectivity index (χ0v) is 12.4. The molecule has 2 aromatic carbocycles. The van der Waals surface area contributed by atoms with Crippen LogP contribution in [0.15, 0.2) is 36.4 Å². The predicted molar refractivity (Wildman–Crippen MR) is 81.4 cm³/mol. The number of benzene rings is 2. The van der Waals surface area contributed by atoms with E-state index in [-0.39, 0.29) is 19.1 Å². The summed E-state index contributed by atoms with van der Waals surface area (Å²) in [5, 5.41) is 3.81. The number of ether oxygens (including phenoxy) is 2. The summed E-state index contributed by atoms with van der Waals surface area (Å²) in [7, 11) is 0. The largest absolute Gasteiger partial charge is 0.454 e. The highest BCUT2D eigenvalue weighted by molar-refractivity contribution is 6.35. The first-order valence-electron chi connectivity index (χ1n) is 6.25. The van der Waals surface area contributed by atoms with E-state index in [0.717, 1.165) is 5.56 Å². The second-order valence-electron chi connectivity index (χ2n) is 4.53. The molecule has 0 aliphatic carbocycles. The first-order valence-corrected chi connectivity index (χ1v) is 7.01. The first kappa shape index (κ1) is 14.0. The number of carbonyl (C=O) groups excluding carboxylic acids is 1. The molecular formula is C15H11Cl2NO3. The summed E-state index contributed by atoms with van der Waals surface area (Å²) in [4.78, 5) is 12.0. The van der Waals surface area contributed by atoms with Gasteiger partial charge in [0.2, 0.25) is 12.7 Å². The fourth-order valence-corrected chi connectivity index (χ4v) is 2.49. The number of nitrogens with one attached hydrogen (secondary N) is 1. The quantitative estimate of drug-likeness (QED) is 0.931. The highest BCUT2D eigenvalue weighted by Crippen LogP contribution is 2.34. The number of anilines is 1. The number of halogens is 2. The van der Waals surface area contributed by atoms with Gasteiger partial charge in [-0.2, -0.15) is 0 Å². The average Bonchev–Trinajstić information content (AvgIpc) is 2.89. The lowest BCUT2D eigenvalue weighted by Crippen LogP contribution is -2.14. The number of hydrogen-bond acceptors (Lipinski definition) is 3. The Morgan fingerprint density at radius 3 is 2.71 bits per heavy atom. The van der Waals surface area contributed by atoms with Gasteiger partial charge in [0.1, 0.15) is 0 Å². The van der Waals surface area contributed by atoms with Crippen molar-refractivity contribution in [2.24, 2.45) is 0 Å². The van der Waals surface area contributed by atoms with Gasteiger partial charge in [-0.3, -0.25) is 4.79 Å². The lowest BCUT2D eigenvalue weighted by molar-refractivity contribution is -0.115. The van der Waals surface area contributed by atoms with Gasteiger partial charge in [0.15, 0.2) is 11.5 Å². The topological polar surface area (TPSA) is 47.6 Å². The maximum absolute atomic E-state index is 12.0. The summed E-state index contributed by atoms with van der Waals surface area (Å²) < 4.78 is 10.5. The molecule has 0 fully saturated rings. The smallest absolute Gasteiger partial charge is 0.231 e. The maximum atomic E-state index is 12.0. The van der Waals surface area contributed by atoms with Gasteiger partial charge in [0, 0.05) is 21.8 Å². The number of hydrogen-bond donors (Lipinski definition) is 1. The van der Waals surface area contributed by atoms with Crippen molar-refractivity contribution in [2.45, 2.75) is 6.42 Å². The zero-order valence-electron chi connectivity index (χ0n) is 10.9. The van der Waals surface area contributed by atoms with E-state index in [1.807, 2.05) is 0 Å². The highest BCUT2D eigenvalue weighted by Gasteiger charge is 2.14. The van der Waals surface area contributed by atoms with Crippen LogP contribution in [-0.4, -0.2) is 12.7 Å². The highest BCUT2D eigenvalue weighted by atomic mass is 35.5. The second-order valence-corrected chi connectivity index (χ2v) is 5.37. The maximum Gasteiger partial charge on any atom is 0.231 e. The van der Waals surface area contributed by atoms with E-state index in [0.29, 0.717) is 27.2 Å². The fourth-order valence-electron chi connectivity index (χ4n) is 2.02. The molecule has 1 heterocycles. The number of fused-ring (bicyclic) bond motifs is 1. The lowest BCUT2D eigenvalue weighted by atomic mass is 10.1. The van der Waals surface area contributed by atoms with Crippen molar-refractivity contribution in [3.8, 4) is 11.5 Å². The molecule has 1 N–H and O–H groups in total. The molecule has 1 aliphatic rings. The van der Waals surface area contributed by atoms with E-state index in [9.17, 15) is 4.79 Å². The van der Waals surface area contributed by atoms with Crippen molar-refractivity contribution in [3.63, 3.8) is 0 Å². The Morgan fingerprint density at radius 1 is 1.10 bits per heavy atom. The van der Waals surface area contributed by atoms with E-state index in [1.54, 1.807) is 36.4 Å². The molecule has 0 spiro atoms. The van der Waals surface area contributed by atoms with Gasteiger partial charge in [-0.1, -0.05) is 29.3 Å². The van der Waals surface area contributed by atoms with Crippen LogP contribution in [0.2, 0.25) is 10.0 Å². The predicted octanol–water partition coefficient (Wildman–Crippen LogP) is 3.90. The number of amides is 1. The normalized spacial score (nSPS) is 12.3. The minimum Gasteiger partial charge on any atom is -0.454 e. The van der Waals surface area contributed by atoms with Crippen LogP contribution < -0.4 is 14.8 Å². The Balaban J connectivity index is 1.69. The van der Waals surface area contributed by atoms with E-state index in [4.69, 9.17) is 32.7 Å². The van der Waals surface area contributed by atoms with Crippen molar-refractivity contribution in [1.82, 2.24) is 0 Å². The molecule has 6 heteroatoms. The van der Waals surface area contributed by atoms with Crippen LogP contribution in [0.4, 0.5) is 5.69 Å². The van der Waals surface area contributed by atoms with Gasteiger partial charge < -0.3 is 14.8 Å². The molecule has 1 aliphatic heterocycles. The first-order chi connectivity index (χ1) is 10.1. The Hall–Kier alpha value is -1.91. The zero-order chi connectivity index (χ0) is 14.8. The van der Waals surface area contributed by atoms with Crippen LogP contribution in [0.25, 0.3) is 0 Å². The van der Waals surface area contributed by atoms with Crippen LogP contribution in [-0.2, 0) is 11.2 Å². The molecule has 0 saturated heterocycles. The summed E-state index contributed by atoms with van der Waals surface area (Å²) in [5.41, 5.74) is 1.37. The van der Waals surface area contributed by atoms with Crippen molar-refractivity contribution in [1.29, 1.82) is 0 Å². The van der Waals surface area contributed by atoms with Gasteiger partial charge in [-0.25, -0.2) is 0 Å². The van der Waals surface area contributed by atoms with Gasteiger partial charge in [-0.05, 0) is 29.8 Å². The SMILES string of the molecule is O=C(Cc1ccc(Cl)cc1Cl)Nc1ccc2c(c1)OCO2. The van der Waals surface area contributed by atoms with Crippen LogP contribution >= 0.6 is 23.2 Å². The molecule has 3 rings (SSSR count). The minimum atomic E-state index is -0.168. The number of carbonyl (C=O) groups is 1. The second kappa shape index (κ2) is 5.84. The molecule has 21 heavy (non-hydrogen) atoms. The van der Waals surface area contributed by atoms with Crippen LogP contribution in [0.1, 0.15) is 5.56 Å². The average molecular weight is 324 g/mol. The molecule has 108 valence electrons. The van der Waals surface area contributed by atoms with Crippen molar-refractivity contribution < 1.29 is 14.3 Å². The Bertz CT molecular complexity index is 703. The van der Waals surface area contributed by atoms with Gasteiger partial charge in [0.05, 0.1) is 6.42 Å². The van der Waals surface area contributed by atoms with E-state index < -0.39 is 0 Å². The van der Waals surface area contributed by atoms with E-state index in [2.05, 4.69) is 5.32 Å². The Morgan fingerprint density at radius 2 is 1.90 bits per heavy atom. The lowest BCUT2D eigenvalue weighted by Gasteiger charge is -2.07. The summed E-state index contributed by atoms with van der Waals surface area (Å²) in [6.07, 6.45) is 0.171. The number of rotatable bonds is 3. The van der Waals surface area contributed by atoms with Gasteiger partial charge in [-0.15, -0.1) is 0 Å². The molecular weight excluding hydrogens is 313 g/mol. The molecule has 4 nitrogen and oxygen atoms in total. The standard InChI is InChI=1S/C15H11Cl2NO3/c16-10-2-1-9(12(17)6-10)5-15(19)18-11-3-4-13-14(7-11)21-8-20-13/h1-4,6-7H,5,8H2,(H,18,19). The van der Waals surface area contributed by atoms with Crippen molar-refractivity contribution >= 4 is 34.8 Å². The summed E-state index contributed by atoms with van der Waals surface area (Å²) in [6.45, 7) is 0.202. The molecule has 0 bridgehead atoms. The molecule has 0 saturated carbocycles. The van der Waals surface area contributed by atoms with Crippen LogP contribution in [0.3, 0.4) is 0 Å². The third-order valence-corrected chi connectivity index (χ3v) is 3.61. The molecule has 0 unspecified atom stereocenters. The van der Waals surface area contributed by atoms with Crippen LogP contribution in [0.5, 0.6) is 11.5 Å². The Labute approximate surface area is 131 Å². The van der Waals surface area contributed by atoms with E-state index in [1.165, 1.54) is 0 Å². The Kier molecular flexibility index (Phi) is 3.90. The summed E-state index contributed by atoms with van der Waals surface area (Å²) in [6, 6.07) is 10.3. The monoisotopic (exact) mass is 323 g/mol. The molecule has 0 atom stereocenters. The van der Waals surface area contributed by atoms with Gasteiger partial charge in [0.25, 0.3) is 0 Å². The third-order valence-electron chi connectivity index (χ3n) is 3.02. The summed E-state index contributed by atoms with van der Waals surface area (Å²) in [5.74, 6) is 1.13. The van der Waals surface area contributed by atoms with E-state index >= 15 is 0 Å². The summed E-state index contributed by atoms with van der Waals surface area (Å²) >= 11 is 11.9. The van der Waals surface area contributed by atoms with Crippen LogP contribution in [0, 0.1) is 0 Å². The molecule has 0 radical (unpaired) electrons. The minimum absolute atomic E-state index is 0.168. The third kappa shape index (κ3) is 3.23. The van der Waals surface area contributed by atoms with Crippen molar-refractivity contribution in [2.75, 3.05) is 12.1 Å². The fraction of sp³-hybridized carbons (Fsp3) is 0.133. The van der Waals surface area contributed by atoms with Crippen molar-refractivity contribution in [3.05, 3.63) is 52.0 Å². The molecule has 1 amide bonds. The molecule has 2 aromatic rings. The van der Waals surface area contributed by atoms with Gasteiger partial charge >= 0.3 is 0 Å².